The van der Waals surface area contributed by atoms with Gasteiger partial charge < -0.3 is 10.7 Å². The van der Waals surface area contributed by atoms with Gasteiger partial charge in [0.15, 0.2) is 0 Å². The van der Waals surface area contributed by atoms with Crippen LogP contribution in [0.4, 0.5) is 0 Å². The van der Waals surface area contributed by atoms with Crippen LogP contribution in [0.5, 0.6) is 0 Å². The van der Waals surface area contributed by atoms with E-state index in [1.54, 1.807) is 0 Å². The quantitative estimate of drug-likeness (QED) is 0.735. The number of hydrogen-bond acceptors (Lipinski definition) is 2. The number of H-pyrrole nitrogens is 1. The van der Waals surface area contributed by atoms with E-state index in [0.29, 0.717) is 0 Å². The monoisotopic (exact) mass is 271 g/mol. The first-order valence-corrected chi connectivity index (χ1v) is 7.58. The zero-order valence-corrected chi connectivity index (χ0v) is 12.5. The van der Waals surface area contributed by atoms with Gasteiger partial charge in [-0.05, 0) is 18.9 Å². The number of aromatic nitrogens is 2. The molecule has 0 amide bonds. The van der Waals surface area contributed by atoms with Crippen LogP contribution in [0.1, 0.15) is 56.5 Å². The second-order valence-corrected chi connectivity index (χ2v) is 5.50. The van der Waals surface area contributed by atoms with Crippen molar-refractivity contribution in [2.45, 2.75) is 52.0 Å². The molecule has 3 heteroatoms. The van der Waals surface area contributed by atoms with Crippen molar-refractivity contribution in [3.8, 4) is 11.3 Å². The number of unbranched alkanes of at least 4 members (excludes halogenated alkanes) is 3. The molecule has 108 valence electrons. The molecule has 0 saturated carbocycles. The highest BCUT2D eigenvalue weighted by Crippen LogP contribution is 2.21. The van der Waals surface area contributed by atoms with Crippen LogP contribution in [-0.4, -0.2) is 9.97 Å². The maximum atomic E-state index is 6.20. The van der Waals surface area contributed by atoms with Gasteiger partial charge in [-0.15, -0.1) is 0 Å². The molecule has 20 heavy (non-hydrogen) atoms. The number of hydrogen-bond donors (Lipinski definition) is 2. The molecule has 0 bridgehead atoms. The lowest BCUT2D eigenvalue weighted by Crippen LogP contribution is -2.11. The summed E-state index contributed by atoms with van der Waals surface area (Å²) in [6.07, 6.45) is 7.87. The van der Waals surface area contributed by atoms with Crippen molar-refractivity contribution >= 4 is 0 Å². The number of benzene rings is 1. The molecule has 0 aliphatic rings. The minimum atomic E-state index is 0.0195. The Kier molecular flexibility index (Phi) is 5.36. The maximum Gasteiger partial charge on any atom is 0.123 e. The topological polar surface area (TPSA) is 54.7 Å². The number of nitrogens with two attached hydrogens (primary N) is 1. The highest BCUT2D eigenvalue weighted by atomic mass is 15.0. The molecule has 2 aromatic rings. The van der Waals surface area contributed by atoms with Gasteiger partial charge in [-0.25, -0.2) is 4.98 Å². The lowest BCUT2D eigenvalue weighted by molar-refractivity contribution is 0.550. The fraction of sp³-hybridized carbons (Fsp3) is 0.471. The lowest BCUT2D eigenvalue weighted by atomic mass is 10.1. The minimum absolute atomic E-state index is 0.0195. The molecule has 0 aliphatic heterocycles. The Morgan fingerprint density at radius 1 is 1.15 bits per heavy atom. The fourth-order valence-electron chi connectivity index (χ4n) is 2.33. The summed E-state index contributed by atoms with van der Waals surface area (Å²) in [5, 5.41) is 0. The Morgan fingerprint density at radius 2 is 1.90 bits per heavy atom. The van der Waals surface area contributed by atoms with Crippen LogP contribution in [0, 0.1) is 6.92 Å². The third kappa shape index (κ3) is 3.94. The number of aryl methyl sites for hydroxylation is 1. The molecule has 1 unspecified atom stereocenters. The highest BCUT2D eigenvalue weighted by Gasteiger charge is 2.10. The molecule has 2 rings (SSSR count). The second kappa shape index (κ2) is 7.25. The molecule has 0 spiro atoms. The van der Waals surface area contributed by atoms with Gasteiger partial charge in [-0.2, -0.15) is 0 Å². The summed E-state index contributed by atoms with van der Waals surface area (Å²) >= 11 is 0. The van der Waals surface area contributed by atoms with Crippen LogP contribution in [0.2, 0.25) is 0 Å². The fourth-order valence-corrected chi connectivity index (χ4v) is 2.33. The zero-order valence-electron chi connectivity index (χ0n) is 12.5. The predicted molar refractivity (Wildman–Crippen MR) is 84.4 cm³/mol. The average Bonchev–Trinajstić information content (AvgIpc) is 2.94. The van der Waals surface area contributed by atoms with Gasteiger partial charge in [0.2, 0.25) is 0 Å². The van der Waals surface area contributed by atoms with E-state index in [-0.39, 0.29) is 6.04 Å². The van der Waals surface area contributed by atoms with Gasteiger partial charge in [-0.3, -0.25) is 0 Å². The van der Waals surface area contributed by atoms with Crippen LogP contribution in [0.15, 0.2) is 30.5 Å². The Morgan fingerprint density at radius 3 is 2.60 bits per heavy atom. The molecule has 1 aromatic heterocycles. The zero-order chi connectivity index (χ0) is 14.4. The maximum absolute atomic E-state index is 6.20. The minimum Gasteiger partial charge on any atom is -0.341 e. The van der Waals surface area contributed by atoms with Crippen LogP contribution >= 0.6 is 0 Å². The molecule has 0 fully saturated rings. The Hall–Kier alpha value is -1.61. The molecule has 1 heterocycles. The van der Waals surface area contributed by atoms with Crippen molar-refractivity contribution < 1.29 is 0 Å². The van der Waals surface area contributed by atoms with E-state index >= 15 is 0 Å². The number of nitrogens with one attached hydrogen (secondary N) is 1. The van der Waals surface area contributed by atoms with Crippen molar-refractivity contribution in [3.05, 3.63) is 41.9 Å². The Labute approximate surface area is 121 Å². The van der Waals surface area contributed by atoms with E-state index in [2.05, 4.69) is 48.1 Å². The van der Waals surface area contributed by atoms with Crippen LogP contribution < -0.4 is 5.73 Å². The number of aromatic amines is 1. The van der Waals surface area contributed by atoms with Gasteiger partial charge in [0.05, 0.1) is 17.9 Å². The molecule has 3 N–H and O–H groups in total. The number of imidazole rings is 1. The highest BCUT2D eigenvalue weighted by molar-refractivity contribution is 5.58. The summed E-state index contributed by atoms with van der Waals surface area (Å²) < 4.78 is 0. The van der Waals surface area contributed by atoms with Crippen molar-refractivity contribution in [2.24, 2.45) is 5.73 Å². The summed E-state index contributed by atoms with van der Waals surface area (Å²) in [6.45, 7) is 4.31. The van der Waals surface area contributed by atoms with Crippen LogP contribution in [0.25, 0.3) is 11.3 Å². The SMILES string of the molecule is CCCCCCC(N)c1ncc(-c2ccc(C)cc2)[nH]1. The van der Waals surface area contributed by atoms with Gasteiger partial charge in [0.25, 0.3) is 0 Å². The first-order chi connectivity index (χ1) is 9.70. The third-order valence-corrected chi connectivity index (χ3v) is 3.68. The molecule has 1 atom stereocenters. The Bertz CT molecular complexity index is 513. The lowest BCUT2D eigenvalue weighted by Gasteiger charge is -2.08. The van der Waals surface area contributed by atoms with Gasteiger partial charge in [0, 0.05) is 0 Å². The summed E-state index contributed by atoms with van der Waals surface area (Å²) in [6, 6.07) is 8.46. The van der Waals surface area contributed by atoms with Crippen LogP contribution in [-0.2, 0) is 0 Å². The standard InChI is InChI=1S/C17H25N3/c1-3-4-5-6-7-15(18)17-19-12-16(20-17)14-10-8-13(2)9-11-14/h8-12,15H,3-7,18H2,1-2H3,(H,19,20). The average molecular weight is 271 g/mol. The first kappa shape index (κ1) is 14.8. The predicted octanol–water partition coefficient (Wildman–Crippen LogP) is 4.36. The van der Waals surface area contributed by atoms with E-state index in [1.807, 2.05) is 6.20 Å². The van der Waals surface area contributed by atoms with Crippen molar-refractivity contribution in [1.82, 2.24) is 9.97 Å². The van der Waals surface area contributed by atoms with Crippen LogP contribution in [0.3, 0.4) is 0 Å². The van der Waals surface area contributed by atoms with Gasteiger partial charge in [0.1, 0.15) is 5.82 Å². The summed E-state index contributed by atoms with van der Waals surface area (Å²) in [4.78, 5) is 7.79. The summed E-state index contributed by atoms with van der Waals surface area (Å²) in [5.41, 5.74) is 9.67. The largest absolute Gasteiger partial charge is 0.341 e. The van der Waals surface area contributed by atoms with Crippen molar-refractivity contribution in [3.63, 3.8) is 0 Å². The number of rotatable bonds is 7. The van der Waals surface area contributed by atoms with Crippen molar-refractivity contribution in [2.75, 3.05) is 0 Å². The second-order valence-electron chi connectivity index (χ2n) is 5.50. The molecule has 0 radical (unpaired) electrons. The molecule has 0 aliphatic carbocycles. The first-order valence-electron chi connectivity index (χ1n) is 7.58. The molecular formula is C17H25N3. The summed E-state index contributed by atoms with van der Waals surface area (Å²) in [7, 11) is 0. The van der Waals surface area contributed by atoms with E-state index in [9.17, 15) is 0 Å². The molecule has 0 saturated heterocycles. The smallest absolute Gasteiger partial charge is 0.123 e. The Balaban J connectivity index is 1.96. The normalized spacial score (nSPS) is 12.6. The van der Waals surface area contributed by atoms with E-state index in [0.717, 1.165) is 23.5 Å². The van der Waals surface area contributed by atoms with Crippen molar-refractivity contribution in [1.29, 1.82) is 0 Å². The van der Waals surface area contributed by atoms with E-state index in [1.165, 1.54) is 31.2 Å². The number of nitrogens with zero attached hydrogens (tertiary/aromatic N) is 1. The molecule has 3 nitrogen and oxygen atoms in total. The van der Waals surface area contributed by atoms with Gasteiger partial charge in [-0.1, -0.05) is 62.4 Å². The molecular weight excluding hydrogens is 246 g/mol. The molecule has 1 aromatic carbocycles. The van der Waals surface area contributed by atoms with E-state index < -0.39 is 0 Å². The summed E-state index contributed by atoms with van der Waals surface area (Å²) in [5.74, 6) is 0.900. The third-order valence-electron chi connectivity index (χ3n) is 3.68. The van der Waals surface area contributed by atoms with E-state index in [4.69, 9.17) is 5.73 Å². The van der Waals surface area contributed by atoms with Gasteiger partial charge >= 0.3 is 0 Å².